The summed E-state index contributed by atoms with van der Waals surface area (Å²) in [6.45, 7) is 2.29. The van der Waals surface area contributed by atoms with Crippen LogP contribution in [0.25, 0.3) is 10.8 Å². The van der Waals surface area contributed by atoms with Crippen molar-refractivity contribution >= 4 is 44.0 Å². The highest BCUT2D eigenvalue weighted by atomic mass is 35.5. The average molecular weight is 499 g/mol. The van der Waals surface area contributed by atoms with Crippen LogP contribution < -0.4 is 15.4 Å². The molecule has 1 aliphatic carbocycles. The van der Waals surface area contributed by atoms with Gasteiger partial charge in [-0.25, -0.2) is 13.1 Å². The first-order valence-corrected chi connectivity index (χ1v) is 13.4. The first-order chi connectivity index (χ1) is 16.4. The van der Waals surface area contributed by atoms with E-state index in [1.165, 1.54) is 0 Å². The number of anilines is 1. The highest BCUT2D eigenvalue weighted by molar-refractivity contribution is 7.89. The van der Waals surface area contributed by atoms with Gasteiger partial charge in [-0.05, 0) is 74.0 Å². The van der Waals surface area contributed by atoms with E-state index in [9.17, 15) is 13.2 Å². The standard InChI is InChI=1S/C25H27ClN4O3S/c26-24-15-28-14-18-3-6-19(10-22(18)24)30-25(31)23-11-21(23)17-4-7-20(8-5-17)34(32,33)29-13-16-2-1-9-27-12-16/h3-8,10,14-16,21,23,27,29H,1-2,9,11-13H2,(H,30,31)/t16-,21-,23-/m1/s1. The van der Waals surface area contributed by atoms with Crippen molar-refractivity contribution in [1.29, 1.82) is 0 Å². The summed E-state index contributed by atoms with van der Waals surface area (Å²) in [7, 11) is -3.55. The van der Waals surface area contributed by atoms with Gasteiger partial charge in [-0.3, -0.25) is 9.78 Å². The van der Waals surface area contributed by atoms with E-state index in [0.717, 1.165) is 48.7 Å². The van der Waals surface area contributed by atoms with E-state index in [0.29, 0.717) is 23.2 Å². The number of carbonyl (C=O) groups is 1. The lowest BCUT2D eigenvalue weighted by Gasteiger charge is -2.22. The quantitative estimate of drug-likeness (QED) is 0.458. The lowest BCUT2D eigenvalue weighted by molar-refractivity contribution is -0.117. The molecule has 7 nitrogen and oxygen atoms in total. The molecule has 2 aromatic carbocycles. The van der Waals surface area contributed by atoms with E-state index in [4.69, 9.17) is 11.6 Å². The van der Waals surface area contributed by atoms with Crippen molar-refractivity contribution in [1.82, 2.24) is 15.0 Å². The normalized spacial score (nSPS) is 22.4. The van der Waals surface area contributed by atoms with Gasteiger partial charge in [-0.1, -0.05) is 29.8 Å². The summed E-state index contributed by atoms with van der Waals surface area (Å²) in [5.74, 6) is 0.229. The molecule has 0 bridgehead atoms. The van der Waals surface area contributed by atoms with Gasteiger partial charge in [-0.2, -0.15) is 0 Å². The number of piperidine rings is 1. The Morgan fingerprint density at radius 3 is 2.74 bits per heavy atom. The topological polar surface area (TPSA) is 100 Å². The Kier molecular flexibility index (Phi) is 6.57. The molecular weight excluding hydrogens is 472 g/mol. The molecule has 3 aromatic rings. The first kappa shape index (κ1) is 23.2. The van der Waals surface area contributed by atoms with E-state index in [1.807, 2.05) is 30.3 Å². The molecule has 1 aliphatic heterocycles. The largest absolute Gasteiger partial charge is 0.326 e. The van der Waals surface area contributed by atoms with Gasteiger partial charge in [-0.15, -0.1) is 0 Å². The summed E-state index contributed by atoms with van der Waals surface area (Å²) in [5, 5.41) is 8.57. The fraction of sp³-hybridized carbons (Fsp3) is 0.360. The first-order valence-electron chi connectivity index (χ1n) is 11.6. The van der Waals surface area contributed by atoms with Crippen LogP contribution in [-0.2, 0) is 14.8 Å². The van der Waals surface area contributed by atoms with Crippen LogP contribution in [0.3, 0.4) is 0 Å². The zero-order chi connectivity index (χ0) is 23.7. The second-order valence-electron chi connectivity index (χ2n) is 9.13. The number of nitrogens with zero attached hydrogens (tertiary/aromatic N) is 1. The molecular formula is C25H27ClN4O3S. The zero-order valence-electron chi connectivity index (χ0n) is 18.6. The Morgan fingerprint density at radius 2 is 1.97 bits per heavy atom. The van der Waals surface area contributed by atoms with E-state index in [-0.39, 0.29) is 22.6 Å². The molecule has 178 valence electrons. The van der Waals surface area contributed by atoms with Crippen molar-refractivity contribution in [2.45, 2.75) is 30.1 Å². The number of sulfonamides is 1. The van der Waals surface area contributed by atoms with Crippen LogP contribution in [0.15, 0.2) is 59.8 Å². The highest BCUT2D eigenvalue weighted by Crippen LogP contribution is 2.48. The van der Waals surface area contributed by atoms with Gasteiger partial charge in [0.2, 0.25) is 15.9 Å². The summed E-state index contributed by atoms with van der Waals surface area (Å²) < 4.78 is 28.0. The molecule has 1 saturated heterocycles. The van der Waals surface area contributed by atoms with Gasteiger partial charge in [0.05, 0.1) is 9.92 Å². The van der Waals surface area contributed by atoms with Crippen LogP contribution in [0.5, 0.6) is 0 Å². The van der Waals surface area contributed by atoms with Crippen LogP contribution in [0.2, 0.25) is 5.02 Å². The maximum absolute atomic E-state index is 12.8. The number of amides is 1. The molecule has 1 saturated carbocycles. The molecule has 2 fully saturated rings. The molecule has 2 aliphatic rings. The smallest absolute Gasteiger partial charge is 0.240 e. The third-order valence-electron chi connectivity index (χ3n) is 6.69. The SMILES string of the molecule is O=C(Nc1ccc2cncc(Cl)c2c1)[C@@H]1C[C@@H]1c1ccc(S(=O)(=O)NC[C@@H]2CCCNC2)cc1. The summed E-state index contributed by atoms with van der Waals surface area (Å²) in [4.78, 5) is 17.1. The molecule has 3 N–H and O–H groups in total. The van der Waals surface area contributed by atoms with Gasteiger partial charge < -0.3 is 10.6 Å². The monoisotopic (exact) mass is 498 g/mol. The highest BCUT2D eigenvalue weighted by Gasteiger charge is 2.44. The van der Waals surface area contributed by atoms with Gasteiger partial charge in [0.1, 0.15) is 0 Å². The Morgan fingerprint density at radius 1 is 1.15 bits per heavy atom. The number of halogens is 1. The van der Waals surface area contributed by atoms with E-state index in [2.05, 4.69) is 20.3 Å². The number of hydrogen-bond donors (Lipinski definition) is 3. The molecule has 0 spiro atoms. The second kappa shape index (κ2) is 9.62. The molecule has 9 heteroatoms. The van der Waals surface area contributed by atoms with Crippen molar-refractivity contribution in [3.63, 3.8) is 0 Å². The molecule has 0 unspecified atom stereocenters. The van der Waals surface area contributed by atoms with Gasteiger partial charge in [0.15, 0.2) is 0 Å². The third kappa shape index (κ3) is 5.10. The third-order valence-corrected chi connectivity index (χ3v) is 8.43. The number of fused-ring (bicyclic) bond motifs is 1. The molecule has 0 radical (unpaired) electrons. The summed E-state index contributed by atoms with van der Waals surface area (Å²) in [6.07, 6.45) is 6.16. The van der Waals surface area contributed by atoms with Crippen LogP contribution in [0, 0.1) is 11.8 Å². The zero-order valence-corrected chi connectivity index (χ0v) is 20.2. The van der Waals surface area contributed by atoms with Gasteiger partial charge in [0, 0.05) is 41.3 Å². The summed E-state index contributed by atoms with van der Waals surface area (Å²) in [6, 6.07) is 12.5. The van der Waals surface area contributed by atoms with Gasteiger partial charge in [0.25, 0.3) is 0 Å². The Bertz CT molecular complexity index is 1310. The average Bonchev–Trinajstić information content (AvgIpc) is 3.65. The molecule has 2 heterocycles. The molecule has 1 aromatic heterocycles. The summed E-state index contributed by atoms with van der Waals surface area (Å²) in [5.41, 5.74) is 1.67. The van der Waals surface area contributed by atoms with E-state index < -0.39 is 10.0 Å². The number of hydrogen-bond acceptors (Lipinski definition) is 5. The number of nitrogens with one attached hydrogen (secondary N) is 3. The second-order valence-corrected chi connectivity index (χ2v) is 11.3. The molecule has 3 atom stereocenters. The van der Waals surface area contributed by atoms with Crippen LogP contribution in [-0.4, -0.2) is 38.9 Å². The minimum Gasteiger partial charge on any atom is -0.326 e. The fourth-order valence-electron chi connectivity index (χ4n) is 4.60. The fourth-order valence-corrected chi connectivity index (χ4v) is 5.93. The molecule has 1 amide bonds. The Hall–Kier alpha value is -2.52. The molecule has 5 rings (SSSR count). The predicted octanol–water partition coefficient (Wildman–Crippen LogP) is 3.91. The van der Waals surface area contributed by atoms with Crippen molar-refractivity contribution < 1.29 is 13.2 Å². The van der Waals surface area contributed by atoms with Crippen LogP contribution >= 0.6 is 11.6 Å². The maximum atomic E-state index is 12.8. The van der Waals surface area contributed by atoms with Crippen LogP contribution in [0.1, 0.15) is 30.7 Å². The Balaban J connectivity index is 1.19. The minimum absolute atomic E-state index is 0.0472. The van der Waals surface area contributed by atoms with Crippen molar-refractivity contribution in [2.24, 2.45) is 11.8 Å². The number of rotatable bonds is 7. The van der Waals surface area contributed by atoms with Crippen molar-refractivity contribution in [3.05, 3.63) is 65.4 Å². The number of carbonyl (C=O) groups excluding carboxylic acids is 1. The summed E-state index contributed by atoms with van der Waals surface area (Å²) >= 11 is 6.22. The van der Waals surface area contributed by atoms with Crippen molar-refractivity contribution in [3.8, 4) is 0 Å². The molecule has 34 heavy (non-hydrogen) atoms. The minimum atomic E-state index is -3.55. The predicted molar refractivity (Wildman–Crippen MR) is 133 cm³/mol. The number of aromatic nitrogens is 1. The van der Waals surface area contributed by atoms with E-state index >= 15 is 0 Å². The van der Waals surface area contributed by atoms with Gasteiger partial charge >= 0.3 is 0 Å². The van der Waals surface area contributed by atoms with Crippen LogP contribution in [0.4, 0.5) is 5.69 Å². The van der Waals surface area contributed by atoms with E-state index in [1.54, 1.807) is 24.5 Å². The number of benzene rings is 2. The lowest BCUT2D eigenvalue weighted by atomic mass is 10.0. The lowest BCUT2D eigenvalue weighted by Crippen LogP contribution is -2.38. The Labute approximate surface area is 204 Å². The number of pyridine rings is 1. The maximum Gasteiger partial charge on any atom is 0.240 e. The van der Waals surface area contributed by atoms with Crippen molar-refractivity contribution in [2.75, 3.05) is 25.0 Å².